The maximum absolute atomic E-state index is 5.69. The van der Waals surface area contributed by atoms with Crippen molar-refractivity contribution in [3.63, 3.8) is 0 Å². The van der Waals surface area contributed by atoms with Gasteiger partial charge in [0.2, 0.25) is 8.07 Å². The molecule has 0 amide bonds. The highest BCUT2D eigenvalue weighted by Gasteiger charge is 2.51. The van der Waals surface area contributed by atoms with Crippen molar-refractivity contribution in [2.75, 3.05) is 0 Å². The van der Waals surface area contributed by atoms with Crippen molar-refractivity contribution in [1.82, 2.24) is 14.5 Å². The standard InChI is InChI=1S/C46H29N3SSi/c1-4-16-30(17-5-1)44-47-45(49-37-25-13-10-23-35(37)41-38(49)29-28-34-33-22-11-14-26-39(33)50-43(34)41)42-36-24-12-15-27-40(36)51(46(42)48-44,31-18-6-2-7-19-31)32-20-8-3-9-21-32/h1-29H. The van der Waals surface area contributed by atoms with Gasteiger partial charge in [0, 0.05) is 42.1 Å². The first kappa shape index (κ1) is 28.7. The molecule has 11 rings (SSSR count). The lowest BCUT2D eigenvalue weighted by molar-refractivity contribution is 1.06. The lowest BCUT2D eigenvalue weighted by Crippen LogP contribution is -2.73. The van der Waals surface area contributed by atoms with Gasteiger partial charge in [-0.15, -0.1) is 11.3 Å². The van der Waals surface area contributed by atoms with E-state index in [0.717, 1.165) is 39.1 Å². The SMILES string of the molecule is c1ccc(-c2nc(-n3c4ccccc4c4c5sc6ccccc6c5ccc43)c3c(n2)[Si](c2ccccc2)(c2ccccc2)c2ccccc2-3)cc1. The molecule has 1 aliphatic rings. The highest BCUT2D eigenvalue weighted by molar-refractivity contribution is 7.26. The highest BCUT2D eigenvalue weighted by Crippen LogP contribution is 2.44. The Kier molecular flexibility index (Phi) is 6.14. The zero-order valence-corrected chi connectivity index (χ0v) is 29.3. The summed E-state index contributed by atoms with van der Waals surface area (Å²) in [6, 6.07) is 63.9. The number of fused-ring (bicyclic) bond motifs is 10. The first-order valence-corrected chi connectivity index (χ1v) is 20.2. The van der Waals surface area contributed by atoms with Crippen LogP contribution in [0.1, 0.15) is 0 Å². The van der Waals surface area contributed by atoms with Gasteiger partial charge in [0.05, 0.1) is 16.4 Å². The van der Waals surface area contributed by atoms with Crippen LogP contribution in [0.2, 0.25) is 0 Å². The molecule has 0 aliphatic carbocycles. The van der Waals surface area contributed by atoms with Crippen molar-refractivity contribution in [3.05, 3.63) is 176 Å². The fraction of sp³-hybridized carbons (Fsp3) is 0. The summed E-state index contributed by atoms with van der Waals surface area (Å²) < 4.78 is 5.05. The van der Waals surface area contributed by atoms with Gasteiger partial charge in [0.1, 0.15) is 5.82 Å². The number of thiophene rings is 1. The second-order valence-corrected chi connectivity index (χ2v) is 18.0. The summed E-state index contributed by atoms with van der Waals surface area (Å²) in [6.07, 6.45) is 0. The number of hydrogen-bond acceptors (Lipinski definition) is 3. The number of hydrogen-bond donors (Lipinski definition) is 0. The number of rotatable bonds is 4. The fourth-order valence-electron chi connectivity index (χ4n) is 8.59. The second kappa shape index (κ2) is 10.9. The molecule has 3 aromatic heterocycles. The highest BCUT2D eigenvalue weighted by atomic mass is 32.1. The molecule has 0 N–H and O–H groups in total. The Balaban J connectivity index is 1.35. The smallest absolute Gasteiger partial charge is 0.203 e. The Hall–Kier alpha value is -6.14. The van der Waals surface area contributed by atoms with Crippen molar-refractivity contribution in [2.24, 2.45) is 0 Å². The Morgan fingerprint density at radius 1 is 0.490 bits per heavy atom. The Bertz CT molecular complexity index is 2930. The second-order valence-electron chi connectivity index (χ2n) is 13.3. The summed E-state index contributed by atoms with van der Waals surface area (Å²) in [7, 11) is -2.90. The molecule has 51 heavy (non-hydrogen) atoms. The average Bonchev–Trinajstić information content (AvgIpc) is 3.85. The molecular formula is C46H29N3SSi. The van der Waals surface area contributed by atoms with Gasteiger partial charge < -0.3 is 0 Å². The predicted molar refractivity (Wildman–Crippen MR) is 217 cm³/mol. The van der Waals surface area contributed by atoms with Crippen LogP contribution in [0.25, 0.3) is 70.3 Å². The minimum atomic E-state index is -2.90. The van der Waals surface area contributed by atoms with Crippen LogP contribution in [-0.2, 0) is 0 Å². The molecule has 0 spiro atoms. The molecule has 3 nitrogen and oxygen atoms in total. The molecule has 5 heteroatoms. The third kappa shape index (κ3) is 3.93. The van der Waals surface area contributed by atoms with Gasteiger partial charge in [0.25, 0.3) is 0 Å². The maximum atomic E-state index is 5.69. The minimum absolute atomic E-state index is 0.745. The van der Waals surface area contributed by atoms with Gasteiger partial charge in [-0.2, -0.15) is 0 Å². The quantitative estimate of drug-likeness (QED) is 0.174. The van der Waals surface area contributed by atoms with E-state index in [1.807, 2.05) is 11.3 Å². The van der Waals surface area contributed by atoms with Crippen molar-refractivity contribution in [3.8, 4) is 28.3 Å². The zero-order chi connectivity index (χ0) is 33.5. The zero-order valence-electron chi connectivity index (χ0n) is 27.5. The van der Waals surface area contributed by atoms with Crippen LogP contribution in [0.4, 0.5) is 0 Å². The summed E-state index contributed by atoms with van der Waals surface area (Å²) in [5.41, 5.74) is 5.66. The van der Waals surface area contributed by atoms with Gasteiger partial charge in [-0.05, 0) is 39.3 Å². The Labute approximate surface area is 299 Å². The fourth-order valence-corrected chi connectivity index (χ4v) is 14.8. The molecule has 0 unspecified atom stereocenters. The van der Waals surface area contributed by atoms with Crippen molar-refractivity contribution < 1.29 is 0 Å². The van der Waals surface area contributed by atoms with E-state index < -0.39 is 8.07 Å². The molecule has 0 fully saturated rings. The largest absolute Gasteiger partial charge is 0.293 e. The molecule has 0 bridgehead atoms. The first-order valence-electron chi connectivity index (χ1n) is 17.3. The third-order valence-corrected chi connectivity index (χ3v) is 16.6. The molecule has 0 saturated carbocycles. The molecule has 4 heterocycles. The first-order chi connectivity index (χ1) is 25.3. The van der Waals surface area contributed by atoms with E-state index in [2.05, 4.69) is 180 Å². The van der Waals surface area contributed by atoms with Gasteiger partial charge in [0.15, 0.2) is 5.82 Å². The summed E-state index contributed by atoms with van der Waals surface area (Å²) in [5.74, 6) is 1.67. The van der Waals surface area contributed by atoms with E-state index >= 15 is 0 Å². The van der Waals surface area contributed by atoms with Crippen LogP contribution in [0.15, 0.2) is 176 Å². The normalized spacial score (nSPS) is 13.3. The Morgan fingerprint density at radius 3 is 1.88 bits per heavy atom. The predicted octanol–water partition coefficient (Wildman–Crippen LogP) is 8.97. The van der Waals surface area contributed by atoms with Crippen LogP contribution in [0, 0.1) is 0 Å². The molecule has 0 radical (unpaired) electrons. The number of aromatic nitrogens is 3. The average molecular weight is 684 g/mol. The number of nitrogens with zero attached hydrogens (tertiary/aromatic N) is 3. The van der Waals surface area contributed by atoms with E-state index in [4.69, 9.17) is 9.97 Å². The van der Waals surface area contributed by atoms with Gasteiger partial charge in [-0.1, -0.05) is 158 Å². The Morgan fingerprint density at radius 2 is 1.12 bits per heavy atom. The molecule has 7 aromatic carbocycles. The lowest BCUT2D eigenvalue weighted by atomic mass is 10.1. The van der Waals surface area contributed by atoms with E-state index in [1.54, 1.807) is 0 Å². The van der Waals surface area contributed by atoms with E-state index in [0.29, 0.717) is 0 Å². The van der Waals surface area contributed by atoms with Crippen molar-refractivity contribution >= 4 is 82.3 Å². The summed E-state index contributed by atoms with van der Waals surface area (Å²) >= 11 is 1.88. The van der Waals surface area contributed by atoms with Crippen LogP contribution in [-0.4, -0.2) is 22.6 Å². The van der Waals surface area contributed by atoms with Crippen LogP contribution >= 0.6 is 11.3 Å². The maximum Gasteiger partial charge on any atom is 0.203 e. The van der Waals surface area contributed by atoms with E-state index in [1.165, 1.54) is 52.1 Å². The molecule has 10 aromatic rings. The lowest BCUT2D eigenvalue weighted by Gasteiger charge is -2.30. The summed E-state index contributed by atoms with van der Waals surface area (Å²) in [6.45, 7) is 0. The number of para-hydroxylation sites is 1. The number of benzene rings is 7. The molecular weight excluding hydrogens is 655 g/mol. The monoisotopic (exact) mass is 683 g/mol. The van der Waals surface area contributed by atoms with Crippen LogP contribution in [0.5, 0.6) is 0 Å². The van der Waals surface area contributed by atoms with Gasteiger partial charge >= 0.3 is 0 Å². The third-order valence-electron chi connectivity index (χ3n) is 10.7. The topological polar surface area (TPSA) is 30.7 Å². The van der Waals surface area contributed by atoms with Gasteiger partial charge in [-0.3, -0.25) is 4.57 Å². The van der Waals surface area contributed by atoms with E-state index in [9.17, 15) is 0 Å². The van der Waals surface area contributed by atoms with Crippen LogP contribution in [0.3, 0.4) is 0 Å². The van der Waals surface area contributed by atoms with Crippen LogP contribution < -0.4 is 20.9 Å². The van der Waals surface area contributed by atoms with Crippen molar-refractivity contribution in [1.29, 1.82) is 0 Å². The van der Waals surface area contributed by atoms with E-state index in [-0.39, 0.29) is 0 Å². The molecule has 0 saturated heterocycles. The van der Waals surface area contributed by atoms with Gasteiger partial charge in [-0.25, -0.2) is 9.97 Å². The van der Waals surface area contributed by atoms with Crippen molar-refractivity contribution in [2.45, 2.75) is 0 Å². The molecule has 0 atom stereocenters. The summed E-state index contributed by atoms with van der Waals surface area (Å²) in [4.78, 5) is 11.3. The molecule has 1 aliphatic heterocycles. The molecule has 238 valence electrons. The summed E-state index contributed by atoms with van der Waals surface area (Å²) in [5, 5.41) is 10.2. The minimum Gasteiger partial charge on any atom is -0.293 e.